The van der Waals surface area contributed by atoms with Gasteiger partial charge in [0.1, 0.15) is 11.3 Å². The van der Waals surface area contributed by atoms with Crippen LogP contribution >= 0.6 is 0 Å². The van der Waals surface area contributed by atoms with Gasteiger partial charge in [0.25, 0.3) is 0 Å². The van der Waals surface area contributed by atoms with Crippen molar-refractivity contribution in [3.05, 3.63) is 23.8 Å². The molecular formula is C15H17F3N2O3. The van der Waals surface area contributed by atoms with Crippen LogP contribution in [0.1, 0.15) is 19.4 Å². The topological polar surface area (TPSA) is 49.9 Å². The van der Waals surface area contributed by atoms with E-state index in [0.29, 0.717) is 31.9 Å². The average molecular weight is 330 g/mol. The standard InChI is InChI=1S/C15H17F3N2O3/c1-10(21)19-5-7-20(8-6-19)12-3-4-14(23-11(2)22)13(9-12)15(16,17)18/h3-4,9H,5-8H2,1-2H3. The summed E-state index contributed by atoms with van der Waals surface area (Å²) in [5, 5.41) is 0. The zero-order chi connectivity index (χ0) is 17.2. The van der Waals surface area contributed by atoms with Gasteiger partial charge in [0, 0.05) is 45.7 Å². The Morgan fingerprint density at radius 2 is 1.70 bits per heavy atom. The van der Waals surface area contributed by atoms with Gasteiger partial charge in [-0.15, -0.1) is 0 Å². The Morgan fingerprint density at radius 1 is 1.09 bits per heavy atom. The number of carbonyl (C=O) groups is 2. The summed E-state index contributed by atoms with van der Waals surface area (Å²) in [5.74, 6) is -1.36. The number of benzene rings is 1. The number of alkyl halides is 3. The minimum absolute atomic E-state index is 0.0502. The number of carbonyl (C=O) groups excluding carboxylic acids is 2. The summed E-state index contributed by atoms with van der Waals surface area (Å²) >= 11 is 0. The van der Waals surface area contributed by atoms with Gasteiger partial charge in [0.15, 0.2) is 0 Å². The Hall–Kier alpha value is -2.25. The summed E-state index contributed by atoms with van der Waals surface area (Å²) in [7, 11) is 0. The Labute approximate surface area is 131 Å². The largest absolute Gasteiger partial charge is 0.426 e. The molecular weight excluding hydrogens is 313 g/mol. The van der Waals surface area contributed by atoms with Gasteiger partial charge in [0.2, 0.25) is 5.91 Å². The second-order valence-electron chi connectivity index (χ2n) is 5.26. The first-order chi connectivity index (χ1) is 10.7. The number of hydrogen-bond acceptors (Lipinski definition) is 4. The quantitative estimate of drug-likeness (QED) is 0.617. The maximum Gasteiger partial charge on any atom is 0.420 e. The van der Waals surface area contributed by atoms with Crippen LogP contribution in [0.5, 0.6) is 5.75 Å². The zero-order valence-corrected chi connectivity index (χ0v) is 12.8. The molecule has 1 heterocycles. The summed E-state index contributed by atoms with van der Waals surface area (Å²) in [6.45, 7) is 4.33. The molecule has 1 saturated heterocycles. The van der Waals surface area contributed by atoms with Gasteiger partial charge >= 0.3 is 12.1 Å². The van der Waals surface area contributed by atoms with Crippen molar-refractivity contribution in [3.8, 4) is 5.75 Å². The lowest BCUT2D eigenvalue weighted by molar-refractivity contribution is -0.141. The maximum absolute atomic E-state index is 13.2. The van der Waals surface area contributed by atoms with Crippen LogP contribution in [0, 0.1) is 0 Å². The van der Waals surface area contributed by atoms with Gasteiger partial charge in [-0.1, -0.05) is 0 Å². The second kappa shape index (κ2) is 6.47. The van der Waals surface area contributed by atoms with Crippen molar-refractivity contribution in [2.24, 2.45) is 0 Å². The van der Waals surface area contributed by atoms with E-state index in [0.717, 1.165) is 19.1 Å². The van der Waals surface area contributed by atoms with E-state index in [9.17, 15) is 22.8 Å². The summed E-state index contributed by atoms with van der Waals surface area (Å²) < 4.78 is 44.1. The van der Waals surface area contributed by atoms with Gasteiger partial charge in [-0.05, 0) is 18.2 Å². The molecule has 1 amide bonds. The van der Waals surface area contributed by atoms with E-state index < -0.39 is 23.5 Å². The molecule has 1 aliphatic rings. The molecule has 0 spiro atoms. The molecule has 0 bridgehead atoms. The van der Waals surface area contributed by atoms with Gasteiger partial charge in [-0.2, -0.15) is 13.2 Å². The van der Waals surface area contributed by atoms with Crippen LogP contribution in [-0.4, -0.2) is 43.0 Å². The molecule has 1 aromatic rings. The van der Waals surface area contributed by atoms with Crippen LogP contribution in [0.15, 0.2) is 18.2 Å². The van der Waals surface area contributed by atoms with E-state index in [1.165, 1.54) is 13.0 Å². The Bertz CT molecular complexity index is 608. The van der Waals surface area contributed by atoms with E-state index in [2.05, 4.69) is 4.74 Å². The number of amides is 1. The monoisotopic (exact) mass is 330 g/mol. The van der Waals surface area contributed by atoms with Gasteiger partial charge in [0.05, 0.1) is 0 Å². The van der Waals surface area contributed by atoms with Crippen molar-refractivity contribution in [3.63, 3.8) is 0 Å². The molecule has 1 aromatic carbocycles. The van der Waals surface area contributed by atoms with Crippen molar-refractivity contribution < 1.29 is 27.5 Å². The minimum Gasteiger partial charge on any atom is -0.426 e. The molecule has 0 N–H and O–H groups in total. The Balaban J connectivity index is 2.24. The van der Waals surface area contributed by atoms with Gasteiger partial charge < -0.3 is 14.5 Å². The van der Waals surface area contributed by atoms with E-state index in [1.54, 1.807) is 9.80 Å². The lowest BCUT2D eigenvalue weighted by Gasteiger charge is -2.36. The van der Waals surface area contributed by atoms with E-state index in [1.807, 2.05) is 0 Å². The first-order valence-electron chi connectivity index (χ1n) is 7.08. The molecule has 0 saturated carbocycles. The number of hydrogen-bond donors (Lipinski definition) is 0. The van der Waals surface area contributed by atoms with E-state index in [4.69, 9.17) is 0 Å². The fraction of sp³-hybridized carbons (Fsp3) is 0.467. The summed E-state index contributed by atoms with van der Waals surface area (Å²) in [6, 6.07) is 3.61. The number of nitrogens with zero attached hydrogens (tertiary/aromatic N) is 2. The molecule has 0 radical (unpaired) electrons. The molecule has 0 aromatic heterocycles. The molecule has 0 atom stereocenters. The first-order valence-corrected chi connectivity index (χ1v) is 7.08. The fourth-order valence-corrected chi connectivity index (χ4v) is 2.46. The van der Waals surface area contributed by atoms with Crippen LogP contribution in [0.4, 0.5) is 18.9 Å². The number of anilines is 1. The third-order valence-corrected chi connectivity index (χ3v) is 3.61. The number of ether oxygens (including phenoxy) is 1. The highest BCUT2D eigenvalue weighted by Crippen LogP contribution is 2.38. The molecule has 1 fully saturated rings. The summed E-state index contributed by atoms with van der Waals surface area (Å²) in [6.07, 6.45) is -4.62. The number of piperazine rings is 1. The van der Waals surface area contributed by atoms with Gasteiger partial charge in [-0.3, -0.25) is 9.59 Å². The van der Waals surface area contributed by atoms with Crippen molar-refractivity contribution in [2.75, 3.05) is 31.1 Å². The third-order valence-electron chi connectivity index (χ3n) is 3.61. The Kier molecular flexibility index (Phi) is 4.82. The van der Waals surface area contributed by atoms with Crippen LogP contribution in [-0.2, 0) is 15.8 Å². The highest BCUT2D eigenvalue weighted by atomic mass is 19.4. The molecule has 0 unspecified atom stereocenters. The molecule has 126 valence electrons. The van der Waals surface area contributed by atoms with E-state index >= 15 is 0 Å². The molecule has 2 rings (SSSR count). The number of halogens is 3. The van der Waals surface area contributed by atoms with Crippen molar-refractivity contribution >= 4 is 17.6 Å². The van der Waals surface area contributed by atoms with Crippen molar-refractivity contribution in [2.45, 2.75) is 20.0 Å². The van der Waals surface area contributed by atoms with Crippen LogP contribution in [0.3, 0.4) is 0 Å². The predicted molar refractivity (Wildman–Crippen MR) is 77.2 cm³/mol. The normalized spacial score (nSPS) is 15.5. The fourth-order valence-electron chi connectivity index (χ4n) is 2.46. The number of rotatable bonds is 2. The van der Waals surface area contributed by atoms with Crippen LogP contribution < -0.4 is 9.64 Å². The predicted octanol–water partition coefficient (Wildman–Crippen LogP) is 2.30. The SMILES string of the molecule is CC(=O)Oc1ccc(N2CCN(C(C)=O)CC2)cc1C(F)(F)F. The highest BCUT2D eigenvalue weighted by Gasteiger charge is 2.35. The number of esters is 1. The average Bonchev–Trinajstić information content (AvgIpc) is 2.46. The lowest BCUT2D eigenvalue weighted by Crippen LogP contribution is -2.48. The smallest absolute Gasteiger partial charge is 0.420 e. The van der Waals surface area contributed by atoms with Gasteiger partial charge in [-0.25, -0.2) is 0 Å². The minimum atomic E-state index is -4.62. The molecule has 0 aliphatic carbocycles. The molecule has 8 heteroatoms. The van der Waals surface area contributed by atoms with Crippen molar-refractivity contribution in [1.82, 2.24) is 4.90 Å². The molecule has 1 aliphatic heterocycles. The summed E-state index contributed by atoms with van der Waals surface area (Å²) in [4.78, 5) is 25.6. The zero-order valence-electron chi connectivity index (χ0n) is 12.8. The van der Waals surface area contributed by atoms with Crippen molar-refractivity contribution in [1.29, 1.82) is 0 Å². The molecule has 23 heavy (non-hydrogen) atoms. The highest BCUT2D eigenvalue weighted by molar-refractivity contribution is 5.73. The van der Waals surface area contributed by atoms with Crippen LogP contribution in [0.25, 0.3) is 0 Å². The lowest BCUT2D eigenvalue weighted by atomic mass is 10.1. The van der Waals surface area contributed by atoms with Crippen LogP contribution in [0.2, 0.25) is 0 Å². The second-order valence-corrected chi connectivity index (χ2v) is 5.26. The third kappa shape index (κ3) is 4.14. The Morgan fingerprint density at radius 3 is 2.17 bits per heavy atom. The molecule has 5 nitrogen and oxygen atoms in total. The van der Waals surface area contributed by atoms with E-state index in [-0.39, 0.29) is 5.91 Å². The summed E-state index contributed by atoms with van der Waals surface area (Å²) in [5.41, 5.74) is -0.601. The maximum atomic E-state index is 13.2. The first kappa shape index (κ1) is 17.1.